The van der Waals surface area contributed by atoms with Crippen LogP contribution in [0.15, 0.2) is 18.2 Å². The highest BCUT2D eigenvalue weighted by Gasteiger charge is 2.10. The molecule has 0 fully saturated rings. The normalized spacial score (nSPS) is 14.6. The van der Waals surface area contributed by atoms with Crippen molar-refractivity contribution in [3.8, 4) is 5.75 Å². The van der Waals surface area contributed by atoms with Gasteiger partial charge in [-0.3, -0.25) is 0 Å². The van der Waals surface area contributed by atoms with Gasteiger partial charge in [0, 0.05) is 6.04 Å². The molecule has 16 heavy (non-hydrogen) atoms. The Kier molecular flexibility index (Phi) is 4.77. The van der Waals surface area contributed by atoms with Gasteiger partial charge in [-0.2, -0.15) is 0 Å². The molecule has 1 aromatic carbocycles. The minimum atomic E-state index is -0.485. The molecule has 0 saturated heterocycles. The molecule has 0 aliphatic heterocycles. The predicted octanol–water partition coefficient (Wildman–Crippen LogP) is 1.78. The van der Waals surface area contributed by atoms with Crippen LogP contribution in [0.5, 0.6) is 5.75 Å². The van der Waals surface area contributed by atoms with Crippen molar-refractivity contribution in [1.82, 2.24) is 0 Å². The lowest BCUT2D eigenvalue weighted by Gasteiger charge is -2.16. The van der Waals surface area contributed by atoms with E-state index in [9.17, 15) is 5.11 Å². The molecule has 3 heteroatoms. The Morgan fingerprint density at radius 3 is 2.38 bits per heavy atom. The van der Waals surface area contributed by atoms with Crippen LogP contribution in [-0.2, 0) is 0 Å². The summed E-state index contributed by atoms with van der Waals surface area (Å²) in [5, 5.41) is 9.25. The van der Waals surface area contributed by atoms with Gasteiger partial charge in [0.2, 0.25) is 0 Å². The molecule has 3 nitrogen and oxygen atoms in total. The lowest BCUT2D eigenvalue weighted by molar-refractivity contribution is 0.147. The lowest BCUT2D eigenvalue weighted by atomic mass is 10.1. The number of rotatable bonds is 5. The molecular weight excluding hydrogens is 202 g/mol. The molecule has 1 unspecified atom stereocenters. The van der Waals surface area contributed by atoms with Crippen molar-refractivity contribution in [3.05, 3.63) is 29.3 Å². The Morgan fingerprint density at radius 1 is 1.31 bits per heavy atom. The third kappa shape index (κ3) is 3.51. The summed E-state index contributed by atoms with van der Waals surface area (Å²) in [4.78, 5) is 0. The first-order valence-corrected chi connectivity index (χ1v) is 5.65. The smallest absolute Gasteiger partial charge is 0.125 e. The van der Waals surface area contributed by atoms with E-state index < -0.39 is 6.10 Å². The summed E-state index contributed by atoms with van der Waals surface area (Å²) in [7, 11) is 0. The van der Waals surface area contributed by atoms with Crippen molar-refractivity contribution >= 4 is 0 Å². The maximum Gasteiger partial charge on any atom is 0.125 e. The van der Waals surface area contributed by atoms with Crippen molar-refractivity contribution in [2.75, 3.05) is 6.61 Å². The van der Waals surface area contributed by atoms with Gasteiger partial charge in [-0.15, -0.1) is 0 Å². The SMILES string of the molecule is Cc1cccc(C)c1OCC[C@@H](N)C(C)O. The molecule has 90 valence electrons. The fraction of sp³-hybridized carbons (Fsp3) is 0.538. The van der Waals surface area contributed by atoms with E-state index in [0.29, 0.717) is 13.0 Å². The van der Waals surface area contributed by atoms with Gasteiger partial charge in [-0.25, -0.2) is 0 Å². The lowest BCUT2D eigenvalue weighted by Crippen LogP contribution is -2.33. The van der Waals surface area contributed by atoms with E-state index in [2.05, 4.69) is 0 Å². The van der Waals surface area contributed by atoms with Crippen LogP contribution in [0.1, 0.15) is 24.5 Å². The zero-order valence-corrected chi connectivity index (χ0v) is 10.2. The molecule has 0 aliphatic carbocycles. The van der Waals surface area contributed by atoms with Gasteiger partial charge in [-0.1, -0.05) is 18.2 Å². The van der Waals surface area contributed by atoms with Crippen LogP contribution >= 0.6 is 0 Å². The van der Waals surface area contributed by atoms with Gasteiger partial charge in [0.05, 0.1) is 12.7 Å². The van der Waals surface area contributed by atoms with Crippen LogP contribution in [0.3, 0.4) is 0 Å². The highest BCUT2D eigenvalue weighted by atomic mass is 16.5. The summed E-state index contributed by atoms with van der Waals surface area (Å²) >= 11 is 0. The van der Waals surface area contributed by atoms with Gasteiger partial charge in [0.25, 0.3) is 0 Å². The standard InChI is InChI=1S/C13H21NO2/c1-9-5-4-6-10(2)13(9)16-8-7-12(14)11(3)15/h4-6,11-12,15H,7-8,14H2,1-3H3/t11?,12-/m1/s1. The summed E-state index contributed by atoms with van der Waals surface area (Å²) in [6, 6.07) is 5.84. The second-order valence-corrected chi connectivity index (χ2v) is 4.26. The Hall–Kier alpha value is -1.06. The summed E-state index contributed by atoms with van der Waals surface area (Å²) in [6.45, 7) is 6.29. The fourth-order valence-corrected chi connectivity index (χ4v) is 1.57. The van der Waals surface area contributed by atoms with Crippen LogP contribution < -0.4 is 10.5 Å². The van der Waals surface area contributed by atoms with E-state index in [1.165, 1.54) is 0 Å². The van der Waals surface area contributed by atoms with E-state index in [1.807, 2.05) is 32.0 Å². The summed E-state index contributed by atoms with van der Waals surface area (Å²) in [5.74, 6) is 0.931. The summed E-state index contributed by atoms with van der Waals surface area (Å²) < 4.78 is 5.70. The Labute approximate surface area is 97.2 Å². The molecule has 3 N–H and O–H groups in total. The highest BCUT2D eigenvalue weighted by Crippen LogP contribution is 2.22. The average molecular weight is 223 g/mol. The molecule has 0 saturated carbocycles. The molecule has 1 aromatic rings. The Bertz CT molecular complexity index is 316. The van der Waals surface area contributed by atoms with Crippen LogP contribution in [0.4, 0.5) is 0 Å². The minimum absolute atomic E-state index is 0.218. The zero-order valence-electron chi connectivity index (χ0n) is 10.2. The maximum absolute atomic E-state index is 9.25. The quantitative estimate of drug-likeness (QED) is 0.800. The van der Waals surface area contributed by atoms with Gasteiger partial charge >= 0.3 is 0 Å². The number of aliphatic hydroxyl groups excluding tert-OH is 1. The topological polar surface area (TPSA) is 55.5 Å². The second-order valence-electron chi connectivity index (χ2n) is 4.26. The number of benzene rings is 1. The van der Waals surface area contributed by atoms with Crippen LogP contribution in [0, 0.1) is 13.8 Å². The number of nitrogens with two attached hydrogens (primary N) is 1. The van der Waals surface area contributed by atoms with E-state index in [-0.39, 0.29) is 6.04 Å². The zero-order chi connectivity index (χ0) is 12.1. The van der Waals surface area contributed by atoms with E-state index >= 15 is 0 Å². The molecule has 1 rings (SSSR count). The summed E-state index contributed by atoms with van der Waals surface area (Å²) in [5.41, 5.74) is 7.99. The molecule has 0 amide bonds. The van der Waals surface area contributed by atoms with Crippen molar-refractivity contribution in [3.63, 3.8) is 0 Å². The molecule has 0 spiro atoms. The van der Waals surface area contributed by atoms with Crippen molar-refractivity contribution < 1.29 is 9.84 Å². The molecule has 0 radical (unpaired) electrons. The Balaban J connectivity index is 2.49. The third-order valence-electron chi connectivity index (χ3n) is 2.73. The number of ether oxygens (including phenoxy) is 1. The van der Waals surface area contributed by atoms with Crippen molar-refractivity contribution in [2.24, 2.45) is 5.73 Å². The molecule has 0 aliphatic rings. The van der Waals surface area contributed by atoms with Gasteiger partial charge in [-0.05, 0) is 38.3 Å². The predicted molar refractivity (Wildman–Crippen MR) is 65.7 cm³/mol. The van der Waals surface area contributed by atoms with Crippen LogP contribution in [-0.4, -0.2) is 23.9 Å². The average Bonchev–Trinajstić information content (AvgIpc) is 2.22. The largest absolute Gasteiger partial charge is 0.493 e. The van der Waals surface area contributed by atoms with Gasteiger partial charge < -0.3 is 15.6 Å². The fourth-order valence-electron chi connectivity index (χ4n) is 1.57. The Morgan fingerprint density at radius 2 is 1.88 bits per heavy atom. The molecule has 2 atom stereocenters. The molecule has 0 aromatic heterocycles. The van der Waals surface area contributed by atoms with Crippen LogP contribution in [0.25, 0.3) is 0 Å². The number of aliphatic hydroxyl groups is 1. The first-order chi connectivity index (χ1) is 7.52. The number of hydrogen-bond acceptors (Lipinski definition) is 3. The van der Waals surface area contributed by atoms with Gasteiger partial charge in [0.1, 0.15) is 5.75 Å². The summed E-state index contributed by atoms with van der Waals surface area (Å²) in [6.07, 6.45) is 0.174. The number of aryl methyl sites for hydroxylation is 2. The van der Waals surface area contributed by atoms with Crippen molar-refractivity contribution in [2.45, 2.75) is 39.3 Å². The first-order valence-electron chi connectivity index (χ1n) is 5.65. The van der Waals surface area contributed by atoms with E-state index in [1.54, 1.807) is 6.92 Å². The third-order valence-corrected chi connectivity index (χ3v) is 2.73. The number of para-hydroxylation sites is 1. The van der Waals surface area contributed by atoms with Crippen LogP contribution in [0.2, 0.25) is 0 Å². The number of hydrogen-bond donors (Lipinski definition) is 2. The second kappa shape index (κ2) is 5.87. The first kappa shape index (κ1) is 13.0. The molecule has 0 bridgehead atoms. The highest BCUT2D eigenvalue weighted by molar-refractivity contribution is 5.39. The molecular formula is C13H21NO2. The van der Waals surface area contributed by atoms with Crippen molar-refractivity contribution in [1.29, 1.82) is 0 Å². The van der Waals surface area contributed by atoms with E-state index in [4.69, 9.17) is 10.5 Å². The maximum atomic E-state index is 9.25. The van der Waals surface area contributed by atoms with E-state index in [0.717, 1.165) is 16.9 Å². The molecule has 0 heterocycles. The minimum Gasteiger partial charge on any atom is -0.493 e. The van der Waals surface area contributed by atoms with Gasteiger partial charge in [0.15, 0.2) is 0 Å². The monoisotopic (exact) mass is 223 g/mol.